The predicted octanol–water partition coefficient (Wildman–Crippen LogP) is 3.46. The van der Waals surface area contributed by atoms with Crippen molar-refractivity contribution in [1.29, 1.82) is 0 Å². The van der Waals surface area contributed by atoms with Gasteiger partial charge in [-0.05, 0) is 19.3 Å². The molecule has 0 aliphatic heterocycles. The third-order valence-electron chi connectivity index (χ3n) is 2.28. The fourth-order valence-electron chi connectivity index (χ4n) is 1.34. The Kier molecular flexibility index (Phi) is 5.00. The Hall–Kier alpha value is -0.830. The largest absolute Gasteiger partial charge is 0.369 e. The molecular weight excluding hydrogens is 222 g/mol. The molecule has 0 bridgehead atoms. The van der Waals surface area contributed by atoms with Crippen molar-refractivity contribution in [1.82, 2.24) is 9.97 Å². The molecule has 0 fully saturated rings. The van der Waals surface area contributed by atoms with E-state index in [-0.39, 0.29) is 0 Å². The fourth-order valence-corrected chi connectivity index (χ4v) is 1.53. The molecule has 0 amide bonds. The van der Waals surface area contributed by atoms with Crippen LogP contribution < -0.4 is 5.32 Å². The molecule has 4 heteroatoms. The first-order valence-corrected chi connectivity index (χ1v) is 6.19. The number of rotatable bonds is 5. The summed E-state index contributed by atoms with van der Waals surface area (Å²) in [6.45, 7) is 9.29. The molecule has 1 rings (SSSR count). The lowest BCUT2D eigenvalue weighted by Gasteiger charge is -2.12. The van der Waals surface area contributed by atoms with E-state index in [1.807, 2.05) is 6.92 Å². The van der Waals surface area contributed by atoms with E-state index in [0.717, 1.165) is 36.6 Å². The van der Waals surface area contributed by atoms with Crippen LogP contribution in [0.3, 0.4) is 0 Å². The number of anilines is 1. The maximum Gasteiger partial charge on any atom is 0.137 e. The summed E-state index contributed by atoms with van der Waals surface area (Å²) in [6.07, 6.45) is 1.90. The average molecular weight is 242 g/mol. The minimum atomic E-state index is 0.560. The standard InChI is InChI=1S/C12H20ClN3/c1-5-6-10-15-11(13)9(4)12(16-10)14-7-8(2)3/h8H,5-7H2,1-4H3,(H,14,15,16). The lowest BCUT2D eigenvalue weighted by atomic mass is 10.2. The minimum Gasteiger partial charge on any atom is -0.369 e. The molecule has 0 aromatic carbocycles. The number of nitrogens with zero attached hydrogens (tertiary/aromatic N) is 2. The lowest BCUT2D eigenvalue weighted by Crippen LogP contribution is -2.12. The third kappa shape index (κ3) is 3.63. The van der Waals surface area contributed by atoms with Gasteiger partial charge in [0.15, 0.2) is 0 Å². The van der Waals surface area contributed by atoms with E-state index in [4.69, 9.17) is 11.6 Å². The van der Waals surface area contributed by atoms with Crippen LogP contribution in [-0.4, -0.2) is 16.5 Å². The number of hydrogen-bond acceptors (Lipinski definition) is 3. The molecule has 0 aliphatic rings. The highest BCUT2D eigenvalue weighted by molar-refractivity contribution is 6.30. The van der Waals surface area contributed by atoms with E-state index in [9.17, 15) is 0 Å². The molecule has 1 aromatic rings. The average Bonchev–Trinajstić information content (AvgIpc) is 2.21. The van der Waals surface area contributed by atoms with Crippen molar-refractivity contribution in [3.05, 3.63) is 16.5 Å². The molecule has 16 heavy (non-hydrogen) atoms. The molecule has 1 aromatic heterocycles. The van der Waals surface area contributed by atoms with Gasteiger partial charge in [-0.2, -0.15) is 0 Å². The van der Waals surface area contributed by atoms with Crippen LogP contribution in [0.5, 0.6) is 0 Å². The van der Waals surface area contributed by atoms with Crippen molar-refractivity contribution in [3.63, 3.8) is 0 Å². The Balaban J connectivity index is 2.88. The SMILES string of the molecule is CCCc1nc(Cl)c(C)c(NCC(C)C)n1. The molecule has 0 saturated heterocycles. The zero-order chi connectivity index (χ0) is 12.1. The molecule has 3 nitrogen and oxygen atoms in total. The summed E-state index contributed by atoms with van der Waals surface area (Å²) in [4.78, 5) is 8.75. The zero-order valence-corrected chi connectivity index (χ0v) is 11.2. The van der Waals surface area contributed by atoms with Crippen LogP contribution in [0.1, 0.15) is 38.6 Å². The Morgan fingerprint density at radius 1 is 1.31 bits per heavy atom. The van der Waals surface area contributed by atoms with Crippen molar-refractivity contribution < 1.29 is 0 Å². The van der Waals surface area contributed by atoms with Gasteiger partial charge in [0.25, 0.3) is 0 Å². The van der Waals surface area contributed by atoms with Crippen LogP contribution in [0.4, 0.5) is 5.82 Å². The Labute approximate surface area is 103 Å². The molecule has 0 radical (unpaired) electrons. The van der Waals surface area contributed by atoms with Gasteiger partial charge in [-0.15, -0.1) is 0 Å². The van der Waals surface area contributed by atoms with Crippen molar-refractivity contribution in [3.8, 4) is 0 Å². The maximum atomic E-state index is 6.08. The Morgan fingerprint density at radius 3 is 2.56 bits per heavy atom. The zero-order valence-electron chi connectivity index (χ0n) is 10.5. The molecule has 90 valence electrons. The van der Waals surface area contributed by atoms with Gasteiger partial charge in [-0.25, -0.2) is 9.97 Å². The second-order valence-corrected chi connectivity index (χ2v) is 4.79. The van der Waals surface area contributed by atoms with E-state index in [1.54, 1.807) is 0 Å². The topological polar surface area (TPSA) is 37.8 Å². The Bertz CT molecular complexity index is 350. The lowest BCUT2D eigenvalue weighted by molar-refractivity contribution is 0.685. The first-order chi connectivity index (χ1) is 7.54. The predicted molar refractivity (Wildman–Crippen MR) is 69.1 cm³/mol. The van der Waals surface area contributed by atoms with Crippen LogP contribution in [-0.2, 0) is 6.42 Å². The van der Waals surface area contributed by atoms with E-state index in [0.29, 0.717) is 11.1 Å². The van der Waals surface area contributed by atoms with Gasteiger partial charge in [-0.3, -0.25) is 0 Å². The van der Waals surface area contributed by atoms with Gasteiger partial charge in [0.1, 0.15) is 16.8 Å². The van der Waals surface area contributed by atoms with E-state index in [1.165, 1.54) is 0 Å². The summed E-state index contributed by atoms with van der Waals surface area (Å²) in [5, 5.41) is 3.88. The van der Waals surface area contributed by atoms with Gasteiger partial charge in [0.05, 0.1) is 0 Å². The number of aryl methyl sites for hydroxylation is 1. The van der Waals surface area contributed by atoms with Crippen LogP contribution >= 0.6 is 11.6 Å². The third-order valence-corrected chi connectivity index (χ3v) is 2.65. The minimum absolute atomic E-state index is 0.560. The summed E-state index contributed by atoms with van der Waals surface area (Å²) < 4.78 is 0. The van der Waals surface area contributed by atoms with E-state index >= 15 is 0 Å². The van der Waals surface area contributed by atoms with Crippen molar-refractivity contribution in [2.24, 2.45) is 5.92 Å². The number of nitrogens with one attached hydrogen (secondary N) is 1. The number of aromatic nitrogens is 2. The highest BCUT2D eigenvalue weighted by Gasteiger charge is 2.08. The quantitative estimate of drug-likeness (QED) is 0.803. The molecule has 0 aliphatic carbocycles. The molecular formula is C12H20ClN3. The summed E-state index contributed by atoms with van der Waals surface area (Å²) in [5.41, 5.74) is 0.933. The van der Waals surface area contributed by atoms with Crippen LogP contribution in [0.2, 0.25) is 5.15 Å². The van der Waals surface area contributed by atoms with Crippen LogP contribution in [0, 0.1) is 12.8 Å². The summed E-state index contributed by atoms with van der Waals surface area (Å²) in [7, 11) is 0. The first kappa shape index (κ1) is 13.2. The highest BCUT2D eigenvalue weighted by Crippen LogP contribution is 2.20. The van der Waals surface area contributed by atoms with E-state index in [2.05, 4.69) is 36.1 Å². The molecule has 0 spiro atoms. The highest BCUT2D eigenvalue weighted by atomic mass is 35.5. The molecule has 0 atom stereocenters. The maximum absolute atomic E-state index is 6.08. The van der Waals surface area contributed by atoms with Gasteiger partial charge in [-0.1, -0.05) is 32.4 Å². The summed E-state index contributed by atoms with van der Waals surface area (Å²) in [5.74, 6) is 2.28. The first-order valence-electron chi connectivity index (χ1n) is 5.81. The van der Waals surface area contributed by atoms with Crippen molar-refractivity contribution >= 4 is 17.4 Å². The van der Waals surface area contributed by atoms with Gasteiger partial charge >= 0.3 is 0 Å². The van der Waals surface area contributed by atoms with E-state index < -0.39 is 0 Å². The van der Waals surface area contributed by atoms with Gasteiger partial charge in [0.2, 0.25) is 0 Å². The Morgan fingerprint density at radius 2 is 2.00 bits per heavy atom. The van der Waals surface area contributed by atoms with Gasteiger partial charge < -0.3 is 5.32 Å². The molecule has 1 N–H and O–H groups in total. The molecule has 0 unspecified atom stereocenters. The number of halogens is 1. The number of hydrogen-bond donors (Lipinski definition) is 1. The second kappa shape index (κ2) is 6.04. The second-order valence-electron chi connectivity index (χ2n) is 4.43. The normalized spacial score (nSPS) is 10.9. The van der Waals surface area contributed by atoms with Crippen LogP contribution in [0.25, 0.3) is 0 Å². The fraction of sp³-hybridized carbons (Fsp3) is 0.667. The van der Waals surface area contributed by atoms with Crippen molar-refractivity contribution in [2.75, 3.05) is 11.9 Å². The molecule has 1 heterocycles. The summed E-state index contributed by atoms with van der Waals surface area (Å²) >= 11 is 6.08. The summed E-state index contributed by atoms with van der Waals surface area (Å²) in [6, 6.07) is 0. The van der Waals surface area contributed by atoms with Crippen molar-refractivity contribution in [2.45, 2.75) is 40.5 Å². The monoisotopic (exact) mass is 241 g/mol. The van der Waals surface area contributed by atoms with Gasteiger partial charge in [0, 0.05) is 18.5 Å². The van der Waals surface area contributed by atoms with Crippen LogP contribution in [0.15, 0.2) is 0 Å². The smallest absolute Gasteiger partial charge is 0.137 e. The molecule has 0 saturated carbocycles.